The van der Waals surface area contributed by atoms with E-state index in [0.717, 1.165) is 6.07 Å². The molecule has 0 spiro atoms. The van der Waals surface area contributed by atoms with E-state index in [1.54, 1.807) is 0 Å². The van der Waals surface area contributed by atoms with Gasteiger partial charge in [0.15, 0.2) is 0 Å². The molecule has 0 unspecified atom stereocenters. The highest BCUT2D eigenvalue weighted by Crippen LogP contribution is 2.34. The Morgan fingerprint density at radius 2 is 1.83 bits per heavy atom. The van der Waals surface area contributed by atoms with Crippen molar-refractivity contribution in [3.8, 4) is 0 Å². The average Bonchev–Trinajstić information content (AvgIpc) is 1.92. The number of benzene rings is 1. The molecule has 0 nitrogen and oxygen atoms in total. The van der Waals surface area contributed by atoms with E-state index < -0.39 is 11.7 Å². The van der Waals surface area contributed by atoms with Gasteiger partial charge in [-0.05, 0) is 24.6 Å². The third-order valence-electron chi connectivity index (χ3n) is 1.34. The second-order valence-electron chi connectivity index (χ2n) is 2.31. The molecule has 12 heavy (non-hydrogen) atoms. The minimum atomic E-state index is -4.31. The Kier molecular flexibility index (Phi) is 2.46. The summed E-state index contributed by atoms with van der Waals surface area (Å²) in [4.78, 5) is 0. The Morgan fingerprint density at radius 3 is 2.25 bits per heavy atom. The highest BCUT2D eigenvalue weighted by Gasteiger charge is 2.32. The molecule has 4 heteroatoms. The number of halogens is 4. The van der Waals surface area contributed by atoms with Gasteiger partial charge in [0.2, 0.25) is 0 Å². The van der Waals surface area contributed by atoms with Gasteiger partial charge in [-0.15, -0.1) is 0 Å². The molecule has 0 aliphatic heterocycles. The van der Waals surface area contributed by atoms with Gasteiger partial charge in [0.05, 0.1) is 5.56 Å². The van der Waals surface area contributed by atoms with Crippen molar-refractivity contribution in [2.24, 2.45) is 0 Å². The summed E-state index contributed by atoms with van der Waals surface area (Å²) in [6.07, 6.45) is -4.31. The van der Waals surface area contributed by atoms with E-state index in [-0.39, 0.29) is 4.47 Å². The Labute approximate surface area is 76.5 Å². The molecule has 0 saturated carbocycles. The molecule has 0 amide bonds. The lowest BCUT2D eigenvalue weighted by atomic mass is 10.1. The van der Waals surface area contributed by atoms with Gasteiger partial charge in [-0.2, -0.15) is 13.2 Å². The fraction of sp³-hybridized carbons (Fsp3) is 0.125. The summed E-state index contributed by atoms with van der Waals surface area (Å²) in [6, 6.07) is 3.86. The molecular formula is C8H5BrF3. The van der Waals surface area contributed by atoms with E-state index in [4.69, 9.17) is 0 Å². The summed E-state index contributed by atoms with van der Waals surface area (Å²) in [5.41, 5.74) is -0.333. The highest BCUT2D eigenvalue weighted by atomic mass is 79.9. The lowest BCUT2D eigenvalue weighted by Gasteiger charge is -2.08. The summed E-state index contributed by atoms with van der Waals surface area (Å²) < 4.78 is 36.6. The topological polar surface area (TPSA) is 0 Å². The van der Waals surface area contributed by atoms with Crippen LogP contribution >= 0.6 is 15.9 Å². The molecule has 0 fully saturated rings. The molecule has 0 aliphatic carbocycles. The van der Waals surface area contributed by atoms with E-state index in [2.05, 4.69) is 22.9 Å². The molecule has 1 aromatic rings. The molecule has 0 atom stereocenters. The summed E-state index contributed by atoms with van der Waals surface area (Å²) in [6.45, 7) is 3.42. The van der Waals surface area contributed by atoms with Crippen LogP contribution < -0.4 is 0 Å². The van der Waals surface area contributed by atoms with Gasteiger partial charge in [-0.3, -0.25) is 0 Å². The Morgan fingerprint density at radius 1 is 1.25 bits per heavy atom. The highest BCUT2D eigenvalue weighted by molar-refractivity contribution is 9.10. The third-order valence-corrected chi connectivity index (χ3v) is 2.03. The van der Waals surface area contributed by atoms with Crippen molar-refractivity contribution in [1.82, 2.24) is 0 Å². The first kappa shape index (κ1) is 9.58. The number of hydrogen-bond acceptors (Lipinski definition) is 0. The minimum Gasteiger partial charge on any atom is -0.166 e. The molecular weight excluding hydrogens is 233 g/mol. The van der Waals surface area contributed by atoms with Gasteiger partial charge in [-0.1, -0.05) is 22.0 Å². The molecule has 1 aromatic carbocycles. The second kappa shape index (κ2) is 3.09. The minimum absolute atomic E-state index is 0.0439. The van der Waals surface area contributed by atoms with E-state index in [1.165, 1.54) is 12.1 Å². The maximum atomic E-state index is 12.2. The molecule has 1 rings (SSSR count). The van der Waals surface area contributed by atoms with Crippen LogP contribution in [-0.2, 0) is 6.18 Å². The first-order valence-corrected chi connectivity index (χ1v) is 3.89. The van der Waals surface area contributed by atoms with E-state index >= 15 is 0 Å². The first-order valence-electron chi connectivity index (χ1n) is 3.10. The van der Waals surface area contributed by atoms with Crippen molar-refractivity contribution in [3.05, 3.63) is 40.7 Å². The molecule has 0 aromatic heterocycles. The van der Waals surface area contributed by atoms with Crippen molar-refractivity contribution >= 4 is 15.9 Å². The van der Waals surface area contributed by atoms with Gasteiger partial charge in [0.1, 0.15) is 0 Å². The largest absolute Gasteiger partial charge is 0.417 e. The van der Waals surface area contributed by atoms with Crippen LogP contribution in [0.15, 0.2) is 22.7 Å². The van der Waals surface area contributed by atoms with Crippen molar-refractivity contribution in [2.75, 3.05) is 0 Å². The zero-order valence-electron chi connectivity index (χ0n) is 5.95. The second-order valence-corrected chi connectivity index (χ2v) is 3.17. The summed E-state index contributed by atoms with van der Waals surface area (Å²) in [5, 5.41) is 0. The van der Waals surface area contributed by atoms with E-state index in [9.17, 15) is 13.2 Å². The number of rotatable bonds is 0. The van der Waals surface area contributed by atoms with Crippen LogP contribution in [-0.4, -0.2) is 0 Å². The Bertz CT molecular complexity index is 291. The molecule has 0 heterocycles. The third kappa shape index (κ3) is 2.00. The summed E-state index contributed by atoms with van der Waals surface area (Å²) >= 11 is 2.82. The number of alkyl halides is 3. The van der Waals surface area contributed by atoms with Crippen molar-refractivity contribution in [2.45, 2.75) is 6.18 Å². The maximum Gasteiger partial charge on any atom is 0.417 e. The smallest absolute Gasteiger partial charge is 0.166 e. The van der Waals surface area contributed by atoms with Crippen molar-refractivity contribution in [3.63, 3.8) is 0 Å². The Balaban J connectivity index is 3.23. The van der Waals surface area contributed by atoms with Crippen molar-refractivity contribution < 1.29 is 13.2 Å². The van der Waals surface area contributed by atoms with E-state index in [1.807, 2.05) is 0 Å². The van der Waals surface area contributed by atoms with Gasteiger partial charge in [-0.25, -0.2) is 0 Å². The van der Waals surface area contributed by atoms with Crippen LogP contribution in [0.4, 0.5) is 13.2 Å². The molecule has 0 N–H and O–H groups in total. The lowest BCUT2D eigenvalue weighted by molar-refractivity contribution is -0.138. The van der Waals surface area contributed by atoms with Crippen LogP contribution in [0, 0.1) is 6.92 Å². The summed E-state index contributed by atoms with van der Waals surface area (Å²) in [7, 11) is 0. The van der Waals surface area contributed by atoms with Gasteiger partial charge < -0.3 is 0 Å². The predicted octanol–water partition coefficient (Wildman–Crippen LogP) is 3.65. The van der Waals surface area contributed by atoms with Crippen LogP contribution in [0.2, 0.25) is 0 Å². The molecule has 0 aliphatic rings. The average molecular weight is 238 g/mol. The molecule has 1 radical (unpaired) electrons. The van der Waals surface area contributed by atoms with Crippen LogP contribution in [0.3, 0.4) is 0 Å². The Hall–Kier alpha value is -0.510. The zero-order chi connectivity index (χ0) is 9.35. The zero-order valence-corrected chi connectivity index (χ0v) is 7.54. The fourth-order valence-electron chi connectivity index (χ4n) is 0.790. The van der Waals surface area contributed by atoms with Gasteiger partial charge in [0, 0.05) is 4.47 Å². The SMILES string of the molecule is [CH2]c1ccc(Br)c(C(F)(F)F)c1. The molecule has 0 saturated heterocycles. The quantitative estimate of drug-likeness (QED) is 0.647. The van der Waals surface area contributed by atoms with Gasteiger partial charge >= 0.3 is 6.18 Å². The predicted molar refractivity (Wildman–Crippen MR) is 43.6 cm³/mol. The summed E-state index contributed by atoms with van der Waals surface area (Å²) in [5.74, 6) is 0. The van der Waals surface area contributed by atoms with Crippen LogP contribution in [0.5, 0.6) is 0 Å². The van der Waals surface area contributed by atoms with E-state index in [0.29, 0.717) is 5.56 Å². The first-order chi connectivity index (χ1) is 5.41. The van der Waals surface area contributed by atoms with Gasteiger partial charge in [0.25, 0.3) is 0 Å². The van der Waals surface area contributed by atoms with Crippen LogP contribution in [0.1, 0.15) is 11.1 Å². The monoisotopic (exact) mass is 237 g/mol. The standard InChI is InChI=1S/C8H5BrF3/c1-5-2-3-7(9)6(4-5)8(10,11)12/h2-4H,1H2. The number of hydrogen-bond donors (Lipinski definition) is 0. The molecule has 0 bridgehead atoms. The lowest BCUT2D eigenvalue weighted by Crippen LogP contribution is -2.05. The fourth-order valence-corrected chi connectivity index (χ4v) is 1.26. The van der Waals surface area contributed by atoms with Crippen molar-refractivity contribution in [1.29, 1.82) is 0 Å². The maximum absolute atomic E-state index is 12.2. The molecule has 65 valence electrons. The van der Waals surface area contributed by atoms with Crippen LogP contribution in [0.25, 0.3) is 0 Å². The normalized spacial score (nSPS) is 11.8.